The van der Waals surface area contributed by atoms with Gasteiger partial charge in [0, 0.05) is 32.7 Å². The highest BCUT2D eigenvalue weighted by atomic mass is 16.4. The molecule has 0 spiro atoms. The quantitative estimate of drug-likeness (QED) is 0.684. The maximum absolute atomic E-state index is 11.9. The second-order valence-corrected chi connectivity index (χ2v) is 4.71. The summed E-state index contributed by atoms with van der Waals surface area (Å²) in [7, 11) is 0. The van der Waals surface area contributed by atoms with E-state index in [0.717, 1.165) is 25.9 Å². The van der Waals surface area contributed by atoms with E-state index in [1.807, 2.05) is 6.92 Å². The van der Waals surface area contributed by atoms with Crippen molar-refractivity contribution in [2.24, 2.45) is 5.73 Å². The Morgan fingerprint density at radius 1 is 1.28 bits per heavy atom. The van der Waals surface area contributed by atoms with Crippen molar-refractivity contribution in [3.63, 3.8) is 0 Å². The first-order chi connectivity index (χ1) is 8.54. The van der Waals surface area contributed by atoms with Crippen LogP contribution in [0, 0.1) is 0 Å². The number of carboxylic acids is 1. The summed E-state index contributed by atoms with van der Waals surface area (Å²) < 4.78 is 0. The fourth-order valence-corrected chi connectivity index (χ4v) is 2.11. The molecule has 1 saturated heterocycles. The van der Waals surface area contributed by atoms with Gasteiger partial charge in [0.15, 0.2) is 0 Å². The number of nitrogens with two attached hydrogens (primary N) is 1. The number of hydrogen-bond acceptors (Lipinski definition) is 4. The fraction of sp³-hybridized carbons (Fsp3) is 0.833. The molecule has 1 heterocycles. The normalized spacial score (nSPS) is 18.7. The predicted molar refractivity (Wildman–Crippen MR) is 68.2 cm³/mol. The first kappa shape index (κ1) is 14.9. The molecule has 18 heavy (non-hydrogen) atoms. The molecule has 0 radical (unpaired) electrons. The number of aliphatic carboxylic acids is 1. The molecule has 3 N–H and O–H groups in total. The van der Waals surface area contributed by atoms with Crippen LogP contribution in [0.25, 0.3) is 0 Å². The third kappa shape index (κ3) is 4.62. The van der Waals surface area contributed by atoms with Gasteiger partial charge in [-0.3, -0.25) is 14.5 Å². The van der Waals surface area contributed by atoms with Gasteiger partial charge in [-0.25, -0.2) is 0 Å². The van der Waals surface area contributed by atoms with Crippen LogP contribution in [0.4, 0.5) is 0 Å². The summed E-state index contributed by atoms with van der Waals surface area (Å²) in [5, 5.41) is 8.61. The van der Waals surface area contributed by atoms with Crippen LogP contribution in [-0.4, -0.2) is 65.5 Å². The van der Waals surface area contributed by atoms with Crippen molar-refractivity contribution in [3.8, 4) is 0 Å². The largest absolute Gasteiger partial charge is 0.481 e. The molecule has 0 aliphatic carbocycles. The van der Waals surface area contributed by atoms with Gasteiger partial charge in [0.05, 0.1) is 12.5 Å². The molecule has 0 aromatic rings. The van der Waals surface area contributed by atoms with E-state index in [9.17, 15) is 9.59 Å². The van der Waals surface area contributed by atoms with E-state index < -0.39 is 5.97 Å². The maximum Gasteiger partial charge on any atom is 0.304 e. The Labute approximate surface area is 108 Å². The number of rotatable bonds is 6. The summed E-state index contributed by atoms with van der Waals surface area (Å²) in [4.78, 5) is 26.3. The van der Waals surface area contributed by atoms with E-state index in [-0.39, 0.29) is 18.4 Å². The predicted octanol–water partition coefficient (Wildman–Crippen LogP) is -0.267. The average molecular weight is 257 g/mol. The molecule has 1 aliphatic heterocycles. The molecule has 0 unspecified atom stereocenters. The number of carbonyl (C=O) groups is 2. The Morgan fingerprint density at radius 2 is 1.89 bits per heavy atom. The van der Waals surface area contributed by atoms with Crippen molar-refractivity contribution < 1.29 is 14.7 Å². The number of carboxylic acid groups (broad SMARTS) is 1. The van der Waals surface area contributed by atoms with Crippen LogP contribution >= 0.6 is 0 Å². The van der Waals surface area contributed by atoms with Crippen molar-refractivity contribution in [3.05, 3.63) is 0 Å². The Morgan fingerprint density at radius 3 is 2.39 bits per heavy atom. The van der Waals surface area contributed by atoms with Gasteiger partial charge in [-0.05, 0) is 6.42 Å². The highest BCUT2D eigenvalue weighted by Gasteiger charge is 2.24. The van der Waals surface area contributed by atoms with Crippen molar-refractivity contribution in [2.45, 2.75) is 32.2 Å². The minimum Gasteiger partial charge on any atom is -0.481 e. The molecule has 6 nitrogen and oxygen atoms in total. The maximum atomic E-state index is 11.9. The molecule has 0 aromatic carbocycles. The van der Waals surface area contributed by atoms with E-state index in [1.54, 1.807) is 4.90 Å². The topological polar surface area (TPSA) is 86.9 Å². The van der Waals surface area contributed by atoms with Crippen LogP contribution in [0.15, 0.2) is 0 Å². The number of amides is 1. The van der Waals surface area contributed by atoms with E-state index in [4.69, 9.17) is 10.8 Å². The van der Waals surface area contributed by atoms with E-state index in [0.29, 0.717) is 19.6 Å². The van der Waals surface area contributed by atoms with Gasteiger partial charge in [0.1, 0.15) is 0 Å². The lowest BCUT2D eigenvalue weighted by Gasteiger charge is -2.35. The molecule has 1 aliphatic rings. The zero-order chi connectivity index (χ0) is 13.5. The van der Waals surface area contributed by atoms with Crippen LogP contribution in [-0.2, 0) is 9.59 Å². The molecule has 0 aromatic heterocycles. The molecular formula is C12H23N3O3. The minimum absolute atomic E-state index is 0.0229. The van der Waals surface area contributed by atoms with Crippen LogP contribution < -0.4 is 5.73 Å². The van der Waals surface area contributed by atoms with Crippen LogP contribution in [0.3, 0.4) is 0 Å². The minimum atomic E-state index is -0.779. The van der Waals surface area contributed by atoms with E-state index >= 15 is 0 Å². The van der Waals surface area contributed by atoms with Crippen molar-refractivity contribution >= 4 is 11.9 Å². The van der Waals surface area contributed by atoms with Crippen LogP contribution in [0.2, 0.25) is 0 Å². The smallest absolute Gasteiger partial charge is 0.304 e. The molecule has 0 bridgehead atoms. The van der Waals surface area contributed by atoms with Gasteiger partial charge in [-0.15, -0.1) is 0 Å². The number of nitrogens with zero attached hydrogens (tertiary/aromatic N) is 2. The summed E-state index contributed by atoms with van der Waals surface area (Å²) in [5.41, 5.74) is 5.81. The van der Waals surface area contributed by atoms with Crippen molar-refractivity contribution in [1.29, 1.82) is 0 Å². The second kappa shape index (κ2) is 7.33. The summed E-state index contributed by atoms with van der Waals surface area (Å²) in [6.07, 6.45) is 1.78. The molecule has 104 valence electrons. The Balaban J connectivity index is 2.30. The second-order valence-electron chi connectivity index (χ2n) is 4.71. The zero-order valence-corrected chi connectivity index (χ0v) is 11.0. The average Bonchev–Trinajstić information content (AvgIpc) is 2.36. The lowest BCUT2D eigenvalue weighted by molar-refractivity contribution is -0.138. The van der Waals surface area contributed by atoms with Gasteiger partial charge < -0.3 is 15.7 Å². The monoisotopic (exact) mass is 257 g/mol. The van der Waals surface area contributed by atoms with Crippen molar-refractivity contribution in [1.82, 2.24) is 9.80 Å². The van der Waals surface area contributed by atoms with E-state index in [2.05, 4.69) is 4.90 Å². The zero-order valence-electron chi connectivity index (χ0n) is 11.0. The van der Waals surface area contributed by atoms with Gasteiger partial charge >= 0.3 is 5.97 Å². The van der Waals surface area contributed by atoms with Crippen LogP contribution in [0.1, 0.15) is 26.2 Å². The van der Waals surface area contributed by atoms with Crippen molar-refractivity contribution in [2.75, 3.05) is 32.7 Å². The van der Waals surface area contributed by atoms with E-state index in [1.165, 1.54) is 0 Å². The molecule has 0 saturated carbocycles. The first-order valence-corrected chi connectivity index (χ1v) is 6.53. The van der Waals surface area contributed by atoms with Gasteiger partial charge in [-0.2, -0.15) is 0 Å². The first-order valence-electron chi connectivity index (χ1n) is 6.53. The highest BCUT2D eigenvalue weighted by Crippen LogP contribution is 2.06. The summed E-state index contributed by atoms with van der Waals surface area (Å²) >= 11 is 0. The molecule has 1 amide bonds. The summed E-state index contributed by atoms with van der Waals surface area (Å²) in [6.45, 7) is 5.33. The lowest BCUT2D eigenvalue weighted by Crippen LogP contribution is -2.53. The number of hydrogen-bond donors (Lipinski definition) is 2. The number of carbonyl (C=O) groups excluding carboxylic acids is 1. The Bertz CT molecular complexity index is 288. The summed E-state index contributed by atoms with van der Waals surface area (Å²) in [5.74, 6) is -0.756. The van der Waals surface area contributed by atoms with Gasteiger partial charge in [0.2, 0.25) is 5.91 Å². The van der Waals surface area contributed by atoms with Gasteiger partial charge in [-0.1, -0.05) is 13.3 Å². The molecule has 1 atom stereocenters. The third-order valence-corrected chi connectivity index (χ3v) is 3.24. The lowest BCUT2D eigenvalue weighted by atomic mass is 10.1. The third-order valence-electron chi connectivity index (χ3n) is 3.24. The highest BCUT2D eigenvalue weighted by molar-refractivity contribution is 5.81. The standard InChI is InChI=1S/C12H23N3O3/c1-2-3-10(13)12(18)15-8-6-14(7-9-15)5-4-11(16)17/h10H,2-9,13H2,1H3,(H,16,17)/t10-/m0/s1. The fourth-order valence-electron chi connectivity index (χ4n) is 2.11. The number of piperazine rings is 1. The van der Waals surface area contributed by atoms with Gasteiger partial charge in [0.25, 0.3) is 0 Å². The Kier molecular flexibility index (Phi) is 6.07. The SMILES string of the molecule is CCC[C@H](N)C(=O)N1CCN(CCC(=O)O)CC1. The van der Waals surface area contributed by atoms with Crippen LogP contribution in [0.5, 0.6) is 0 Å². The molecule has 1 fully saturated rings. The molecule has 6 heteroatoms. The molecule has 1 rings (SSSR count). The Hall–Kier alpha value is -1.14. The summed E-state index contributed by atoms with van der Waals surface area (Å²) in [6, 6.07) is -0.388. The molecular weight excluding hydrogens is 234 g/mol.